The third-order valence-electron chi connectivity index (χ3n) is 3.86. The number of sulfonamides is 1. The Kier molecular flexibility index (Phi) is 5.73. The summed E-state index contributed by atoms with van der Waals surface area (Å²) in [6, 6.07) is 9.10. The lowest BCUT2D eigenvalue weighted by molar-refractivity contribution is -0.385. The summed E-state index contributed by atoms with van der Waals surface area (Å²) in [4.78, 5) is 22.1. The molecule has 0 saturated carbocycles. The number of nitrogens with one attached hydrogen (secondary N) is 2. The van der Waals surface area contributed by atoms with Crippen molar-refractivity contribution in [3.05, 3.63) is 63.2 Å². The fourth-order valence-corrected chi connectivity index (χ4v) is 3.39. The summed E-state index contributed by atoms with van der Waals surface area (Å²) >= 11 is 0. The fraction of sp³-hybridized carbons (Fsp3) is 0.235. The fourth-order valence-electron chi connectivity index (χ4n) is 2.39. The SMILES string of the molecule is Cc1ccc(S(=O)(=O)NCC(=O)Nc2c(C)cccc2C)cc1[N+](=O)[O-]. The van der Waals surface area contributed by atoms with Gasteiger partial charge in [0.2, 0.25) is 15.9 Å². The Morgan fingerprint density at radius 3 is 2.27 bits per heavy atom. The number of carbonyl (C=O) groups is 1. The van der Waals surface area contributed by atoms with Crippen LogP contribution in [-0.4, -0.2) is 25.8 Å². The van der Waals surface area contributed by atoms with Crippen LogP contribution >= 0.6 is 0 Å². The molecule has 0 radical (unpaired) electrons. The van der Waals surface area contributed by atoms with Crippen molar-refractivity contribution in [3.63, 3.8) is 0 Å². The molecule has 0 spiro atoms. The number of nitrogens with zero attached hydrogens (tertiary/aromatic N) is 1. The Morgan fingerprint density at radius 1 is 1.08 bits per heavy atom. The number of carbonyl (C=O) groups excluding carboxylic acids is 1. The van der Waals surface area contributed by atoms with E-state index in [9.17, 15) is 23.3 Å². The number of hydrogen-bond acceptors (Lipinski definition) is 5. The minimum atomic E-state index is -4.06. The summed E-state index contributed by atoms with van der Waals surface area (Å²) in [7, 11) is -4.06. The van der Waals surface area contributed by atoms with E-state index in [0.29, 0.717) is 11.3 Å². The molecule has 26 heavy (non-hydrogen) atoms. The molecule has 0 aliphatic rings. The van der Waals surface area contributed by atoms with Crippen LogP contribution in [0.1, 0.15) is 16.7 Å². The molecule has 2 aromatic rings. The highest BCUT2D eigenvalue weighted by atomic mass is 32.2. The third-order valence-corrected chi connectivity index (χ3v) is 5.25. The van der Waals surface area contributed by atoms with Gasteiger partial charge in [-0.1, -0.05) is 24.3 Å². The quantitative estimate of drug-likeness (QED) is 0.592. The van der Waals surface area contributed by atoms with Crippen LogP contribution in [0, 0.1) is 30.9 Å². The van der Waals surface area contributed by atoms with E-state index < -0.39 is 27.4 Å². The molecule has 2 rings (SSSR count). The maximum absolute atomic E-state index is 12.3. The van der Waals surface area contributed by atoms with Crippen LogP contribution in [0.5, 0.6) is 0 Å². The van der Waals surface area contributed by atoms with Gasteiger partial charge in [0.05, 0.1) is 16.4 Å². The Bertz CT molecular complexity index is 950. The second-order valence-electron chi connectivity index (χ2n) is 5.84. The maximum atomic E-state index is 12.3. The summed E-state index contributed by atoms with van der Waals surface area (Å²) < 4.78 is 26.7. The van der Waals surface area contributed by atoms with Gasteiger partial charge in [-0.3, -0.25) is 14.9 Å². The van der Waals surface area contributed by atoms with Crippen LogP contribution in [0.25, 0.3) is 0 Å². The monoisotopic (exact) mass is 377 g/mol. The van der Waals surface area contributed by atoms with Gasteiger partial charge < -0.3 is 5.32 Å². The van der Waals surface area contributed by atoms with Gasteiger partial charge in [-0.2, -0.15) is 0 Å². The van der Waals surface area contributed by atoms with Gasteiger partial charge >= 0.3 is 0 Å². The molecule has 0 saturated heterocycles. The molecule has 138 valence electrons. The van der Waals surface area contributed by atoms with E-state index in [1.165, 1.54) is 19.1 Å². The van der Waals surface area contributed by atoms with Crippen molar-refractivity contribution >= 4 is 27.3 Å². The molecule has 2 aromatic carbocycles. The molecule has 2 N–H and O–H groups in total. The second-order valence-corrected chi connectivity index (χ2v) is 7.61. The predicted octanol–water partition coefficient (Wildman–Crippen LogP) is 2.44. The number of nitro benzene ring substituents is 1. The molecule has 0 aliphatic carbocycles. The van der Waals surface area contributed by atoms with E-state index >= 15 is 0 Å². The van der Waals surface area contributed by atoms with Crippen molar-refractivity contribution < 1.29 is 18.1 Å². The van der Waals surface area contributed by atoms with E-state index in [1.54, 1.807) is 0 Å². The zero-order valence-corrected chi connectivity index (χ0v) is 15.4. The molecule has 0 aliphatic heterocycles. The normalized spacial score (nSPS) is 11.2. The number of para-hydroxylation sites is 1. The van der Waals surface area contributed by atoms with Gasteiger partial charge in [0, 0.05) is 17.3 Å². The van der Waals surface area contributed by atoms with Gasteiger partial charge in [0.15, 0.2) is 0 Å². The molecular weight excluding hydrogens is 358 g/mol. The Hall–Kier alpha value is -2.78. The Morgan fingerprint density at radius 2 is 1.69 bits per heavy atom. The van der Waals surface area contributed by atoms with Gasteiger partial charge in [0.1, 0.15) is 0 Å². The minimum Gasteiger partial charge on any atom is -0.324 e. The lowest BCUT2D eigenvalue weighted by Gasteiger charge is -2.12. The smallest absolute Gasteiger partial charge is 0.273 e. The van der Waals surface area contributed by atoms with Crippen LogP contribution in [0.3, 0.4) is 0 Å². The summed E-state index contributed by atoms with van der Waals surface area (Å²) in [5.41, 5.74) is 2.39. The molecule has 0 unspecified atom stereocenters. The molecular formula is C17H19N3O5S. The largest absolute Gasteiger partial charge is 0.324 e. The van der Waals surface area contributed by atoms with Crippen molar-refractivity contribution in [2.75, 3.05) is 11.9 Å². The predicted molar refractivity (Wildman–Crippen MR) is 97.6 cm³/mol. The first-order valence-corrected chi connectivity index (χ1v) is 9.21. The molecule has 0 heterocycles. The zero-order chi connectivity index (χ0) is 19.5. The molecule has 0 fully saturated rings. The number of benzene rings is 2. The van der Waals surface area contributed by atoms with Gasteiger partial charge in [0.25, 0.3) is 5.69 Å². The van der Waals surface area contributed by atoms with Crippen LogP contribution in [0.15, 0.2) is 41.3 Å². The summed E-state index contributed by atoms with van der Waals surface area (Å²) in [6.45, 7) is 4.69. The first kappa shape index (κ1) is 19.5. The zero-order valence-electron chi connectivity index (χ0n) is 14.6. The van der Waals surface area contributed by atoms with Gasteiger partial charge in [-0.15, -0.1) is 0 Å². The summed E-state index contributed by atoms with van der Waals surface area (Å²) in [5, 5.41) is 13.6. The van der Waals surface area contributed by atoms with E-state index in [1.807, 2.05) is 32.0 Å². The van der Waals surface area contributed by atoms with Crippen molar-refractivity contribution in [3.8, 4) is 0 Å². The van der Waals surface area contributed by atoms with Crippen molar-refractivity contribution in [1.82, 2.24) is 4.72 Å². The minimum absolute atomic E-state index is 0.269. The number of aryl methyl sites for hydroxylation is 3. The molecule has 0 bridgehead atoms. The van der Waals surface area contributed by atoms with E-state index in [-0.39, 0.29) is 10.6 Å². The highest BCUT2D eigenvalue weighted by molar-refractivity contribution is 7.89. The van der Waals surface area contributed by atoms with Gasteiger partial charge in [-0.25, -0.2) is 13.1 Å². The number of nitro groups is 1. The van der Waals surface area contributed by atoms with Crippen LogP contribution in [0.2, 0.25) is 0 Å². The van der Waals surface area contributed by atoms with Gasteiger partial charge in [-0.05, 0) is 38.0 Å². The second kappa shape index (κ2) is 7.63. The average molecular weight is 377 g/mol. The van der Waals surface area contributed by atoms with Crippen LogP contribution < -0.4 is 10.0 Å². The topological polar surface area (TPSA) is 118 Å². The van der Waals surface area contributed by atoms with E-state index in [0.717, 1.165) is 17.2 Å². The Balaban J connectivity index is 2.12. The highest BCUT2D eigenvalue weighted by Gasteiger charge is 2.20. The Labute approximate surface area is 151 Å². The summed E-state index contributed by atoms with van der Waals surface area (Å²) in [6.07, 6.45) is 0. The molecule has 0 atom stereocenters. The number of amides is 1. The highest BCUT2D eigenvalue weighted by Crippen LogP contribution is 2.22. The number of hydrogen-bond donors (Lipinski definition) is 2. The first-order chi connectivity index (χ1) is 12.1. The molecule has 1 amide bonds. The van der Waals surface area contributed by atoms with Crippen molar-refractivity contribution in [1.29, 1.82) is 0 Å². The first-order valence-electron chi connectivity index (χ1n) is 7.72. The molecule has 8 nitrogen and oxygen atoms in total. The lowest BCUT2D eigenvalue weighted by atomic mass is 10.1. The third kappa shape index (κ3) is 4.44. The number of rotatable bonds is 6. The van der Waals surface area contributed by atoms with Crippen molar-refractivity contribution in [2.24, 2.45) is 0 Å². The van der Waals surface area contributed by atoms with Crippen LogP contribution in [0.4, 0.5) is 11.4 Å². The van der Waals surface area contributed by atoms with E-state index in [2.05, 4.69) is 10.0 Å². The summed E-state index contributed by atoms with van der Waals surface area (Å²) in [5.74, 6) is -0.535. The number of anilines is 1. The average Bonchev–Trinajstić information content (AvgIpc) is 2.56. The molecule has 0 aromatic heterocycles. The van der Waals surface area contributed by atoms with E-state index in [4.69, 9.17) is 0 Å². The molecule has 9 heteroatoms. The van der Waals surface area contributed by atoms with Crippen LogP contribution in [-0.2, 0) is 14.8 Å². The standard InChI is InChI=1S/C17H19N3O5S/c1-11-7-8-14(9-15(11)20(22)23)26(24,25)18-10-16(21)19-17-12(2)5-4-6-13(17)3/h4-9,18H,10H2,1-3H3,(H,19,21). The maximum Gasteiger partial charge on any atom is 0.273 e. The lowest BCUT2D eigenvalue weighted by Crippen LogP contribution is -2.33. The van der Waals surface area contributed by atoms with Crippen molar-refractivity contribution in [2.45, 2.75) is 25.7 Å².